The number of amides is 2. The van der Waals surface area contributed by atoms with E-state index < -0.39 is 48.0 Å². The molecule has 0 aromatic heterocycles. The number of methoxy groups -OCH3 is 4. The molecule has 4 N–H and O–H groups in total. The lowest BCUT2D eigenvalue weighted by molar-refractivity contribution is -0.142. The van der Waals surface area contributed by atoms with Crippen LogP contribution in [0.2, 0.25) is 0 Å². The molecule has 0 spiro atoms. The number of rotatable bonds is 21. The summed E-state index contributed by atoms with van der Waals surface area (Å²) in [6.07, 6.45) is 6.94. The van der Waals surface area contributed by atoms with Gasteiger partial charge in [-0.15, -0.1) is 0 Å². The van der Waals surface area contributed by atoms with Gasteiger partial charge in [0.1, 0.15) is 17.7 Å². The molecule has 53 heavy (non-hydrogen) atoms. The second-order valence-electron chi connectivity index (χ2n) is 12.8. The first-order chi connectivity index (χ1) is 25.1. The normalized spacial score (nSPS) is 12.6. The molecule has 1 aromatic rings. The second kappa shape index (κ2) is 24.5. The van der Waals surface area contributed by atoms with Crippen molar-refractivity contribution < 1.29 is 61.9 Å². The molecule has 0 aliphatic carbocycles. The van der Waals surface area contributed by atoms with Crippen molar-refractivity contribution in [1.29, 1.82) is 0 Å². The molecule has 0 aliphatic heterocycles. The van der Waals surface area contributed by atoms with Crippen LogP contribution >= 0.6 is 0 Å². The molecule has 17 nitrogen and oxygen atoms in total. The first kappa shape index (κ1) is 46.3. The molecule has 0 aliphatic rings. The second-order valence-corrected chi connectivity index (χ2v) is 12.8. The fourth-order valence-corrected chi connectivity index (χ4v) is 4.83. The van der Waals surface area contributed by atoms with Crippen LogP contribution in [0.25, 0.3) is 0 Å². The molecular formula is C36H56N4O13. The van der Waals surface area contributed by atoms with Crippen molar-refractivity contribution in [1.82, 2.24) is 0 Å². The molecule has 17 heteroatoms. The molecule has 1 rings (SSSR count). The molecule has 1 aromatic carbocycles. The average molecular weight is 753 g/mol. The van der Waals surface area contributed by atoms with Crippen LogP contribution in [0, 0.1) is 6.92 Å². The van der Waals surface area contributed by atoms with E-state index in [2.05, 4.69) is 19.5 Å². The number of hydrogen-bond donors (Lipinski definition) is 2. The Bertz CT molecular complexity index is 1420. The highest BCUT2D eigenvalue weighted by atomic mass is 16.7. The Morgan fingerprint density at radius 1 is 0.660 bits per heavy atom. The van der Waals surface area contributed by atoms with E-state index in [0.717, 1.165) is 57.4 Å². The predicted molar refractivity (Wildman–Crippen MR) is 195 cm³/mol. The van der Waals surface area contributed by atoms with Crippen LogP contribution in [-0.4, -0.2) is 95.4 Å². The highest BCUT2D eigenvalue weighted by Crippen LogP contribution is 2.50. The van der Waals surface area contributed by atoms with Crippen LogP contribution in [0.5, 0.6) is 23.0 Å². The van der Waals surface area contributed by atoms with Crippen molar-refractivity contribution in [3.8, 4) is 23.0 Å². The van der Waals surface area contributed by atoms with E-state index in [9.17, 15) is 24.0 Å². The number of nitrogens with zero attached hydrogens (tertiary/aromatic N) is 2. The SMILES string of the molecule is COC(=O)[C@@H](N)CC=NC(=O)Oc1c(C)c(CCCCCCCCCCOC(=O)OC(C)(C)C)c(OC(=O)N=CC[C@H](N)C(=O)OC)c(OC)c1OC. The number of carbonyl (C=O) groups excluding carboxylic acids is 5. The monoisotopic (exact) mass is 752 g/mol. The molecular weight excluding hydrogens is 696 g/mol. The van der Waals surface area contributed by atoms with Crippen LogP contribution in [0.3, 0.4) is 0 Å². The molecule has 0 unspecified atom stereocenters. The number of benzene rings is 1. The van der Waals surface area contributed by atoms with Gasteiger partial charge in [0.2, 0.25) is 11.5 Å². The van der Waals surface area contributed by atoms with Crippen LogP contribution in [0.15, 0.2) is 9.98 Å². The summed E-state index contributed by atoms with van der Waals surface area (Å²) in [5.74, 6) is -1.40. The quantitative estimate of drug-likeness (QED) is 0.0678. The summed E-state index contributed by atoms with van der Waals surface area (Å²) in [7, 11) is 5.03. The summed E-state index contributed by atoms with van der Waals surface area (Å²) in [6, 6.07) is -2.03. The Kier molecular flexibility index (Phi) is 21.4. The van der Waals surface area contributed by atoms with Gasteiger partial charge in [-0.3, -0.25) is 9.59 Å². The van der Waals surface area contributed by atoms with E-state index in [-0.39, 0.29) is 35.8 Å². The first-order valence-electron chi connectivity index (χ1n) is 17.4. The lowest BCUT2D eigenvalue weighted by Gasteiger charge is -2.21. The lowest BCUT2D eigenvalue weighted by atomic mass is 9.98. The topological polar surface area (TPSA) is 236 Å². The van der Waals surface area contributed by atoms with E-state index >= 15 is 0 Å². The zero-order valence-electron chi connectivity index (χ0n) is 32.2. The highest BCUT2D eigenvalue weighted by molar-refractivity contribution is 5.87. The first-order valence-corrected chi connectivity index (χ1v) is 17.4. The third kappa shape index (κ3) is 17.5. The molecule has 0 heterocycles. The van der Waals surface area contributed by atoms with E-state index in [1.165, 1.54) is 28.4 Å². The number of esters is 2. The number of unbranched alkanes of at least 4 members (excludes halogenated alkanes) is 7. The maximum absolute atomic E-state index is 12.8. The van der Waals surface area contributed by atoms with Crippen molar-refractivity contribution in [3.05, 3.63) is 11.1 Å². The van der Waals surface area contributed by atoms with Crippen molar-refractivity contribution in [2.45, 2.75) is 116 Å². The Balaban J connectivity index is 3.07. The summed E-state index contributed by atoms with van der Waals surface area (Å²) in [4.78, 5) is 67.9. The smallest absolute Gasteiger partial charge is 0.490 e. The molecule has 0 bridgehead atoms. The van der Waals surface area contributed by atoms with Crippen LogP contribution < -0.4 is 30.4 Å². The number of carbonyl (C=O) groups is 5. The Morgan fingerprint density at radius 3 is 1.55 bits per heavy atom. The number of hydrogen-bond acceptors (Lipinski definition) is 15. The molecule has 0 saturated carbocycles. The standard InChI is InChI=1S/C36H56N4O13/c1-23-24(17-15-13-11-9-10-12-14-16-22-50-35(45)53-36(2,3)4)28(52-34(44)40-21-19-26(38)32(42)49-8)30(47-6)29(46-5)27(23)51-33(43)39-20-18-25(37)31(41)48-7/h20-21,25-26H,9-19,22,37-38H2,1-8H3/t25-,26-/m0/s1. The number of nitrogens with two attached hydrogens (primary N) is 2. The Hall–Kier alpha value is -4.77. The summed E-state index contributed by atoms with van der Waals surface area (Å²) < 4.78 is 41.8. The van der Waals surface area contributed by atoms with Gasteiger partial charge in [0.25, 0.3) is 0 Å². The van der Waals surface area contributed by atoms with Crippen LogP contribution in [-0.2, 0) is 35.0 Å². The van der Waals surface area contributed by atoms with E-state index in [4.69, 9.17) is 39.9 Å². The zero-order chi connectivity index (χ0) is 40.0. The van der Waals surface area contributed by atoms with Gasteiger partial charge in [0.15, 0.2) is 11.5 Å². The fraction of sp³-hybridized carbons (Fsp3) is 0.639. The third-order valence-electron chi connectivity index (χ3n) is 7.52. The van der Waals surface area contributed by atoms with Gasteiger partial charge in [-0.1, -0.05) is 38.5 Å². The van der Waals surface area contributed by atoms with Gasteiger partial charge in [0, 0.05) is 36.4 Å². The summed E-state index contributed by atoms with van der Waals surface area (Å²) in [6.45, 7) is 7.32. The summed E-state index contributed by atoms with van der Waals surface area (Å²) in [5.41, 5.74) is 11.7. The number of ether oxygens (including phenoxy) is 8. The number of aliphatic imine (C=N–C) groups is 2. The predicted octanol–water partition coefficient (Wildman–Crippen LogP) is 5.55. The fourth-order valence-electron chi connectivity index (χ4n) is 4.83. The molecule has 298 valence electrons. The van der Waals surface area contributed by atoms with Crippen LogP contribution in [0.1, 0.15) is 96.1 Å². The van der Waals surface area contributed by atoms with Crippen molar-refractivity contribution >= 4 is 42.7 Å². The third-order valence-corrected chi connectivity index (χ3v) is 7.52. The lowest BCUT2D eigenvalue weighted by Crippen LogP contribution is -2.31. The van der Waals surface area contributed by atoms with Gasteiger partial charge in [-0.25, -0.2) is 14.4 Å². The van der Waals surface area contributed by atoms with Gasteiger partial charge < -0.3 is 49.4 Å². The Labute approximate surface area is 311 Å². The van der Waals surface area contributed by atoms with E-state index in [0.29, 0.717) is 30.6 Å². The zero-order valence-corrected chi connectivity index (χ0v) is 32.2. The maximum atomic E-state index is 12.8. The molecule has 2 amide bonds. The van der Waals surface area contributed by atoms with Crippen molar-refractivity contribution in [3.63, 3.8) is 0 Å². The van der Waals surface area contributed by atoms with Gasteiger partial charge in [0.05, 0.1) is 35.0 Å². The van der Waals surface area contributed by atoms with Crippen molar-refractivity contribution in [2.24, 2.45) is 21.5 Å². The minimum absolute atomic E-state index is 0.0123. The minimum Gasteiger partial charge on any atom is -0.490 e. The van der Waals surface area contributed by atoms with Gasteiger partial charge in [-0.05, 0) is 47.0 Å². The summed E-state index contributed by atoms with van der Waals surface area (Å²) in [5, 5.41) is 0. The minimum atomic E-state index is -1.02. The van der Waals surface area contributed by atoms with Crippen molar-refractivity contribution in [2.75, 3.05) is 35.0 Å². The average Bonchev–Trinajstić information content (AvgIpc) is 3.10. The molecule has 0 fully saturated rings. The summed E-state index contributed by atoms with van der Waals surface area (Å²) >= 11 is 0. The van der Waals surface area contributed by atoms with E-state index in [1.807, 2.05) is 0 Å². The molecule has 0 radical (unpaired) electrons. The highest BCUT2D eigenvalue weighted by Gasteiger charge is 2.29. The van der Waals surface area contributed by atoms with E-state index in [1.54, 1.807) is 27.7 Å². The molecule has 0 saturated heterocycles. The van der Waals surface area contributed by atoms with Gasteiger partial charge >= 0.3 is 30.3 Å². The van der Waals surface area contributed by atoms with Gasteiger partial charge in [-0.2, -0.15) is 9.98 Å². The molecule has 2 atom stereocenters. The Morgan fingerprint density at radius 2 is 1.09 bits per heavy atom. The largest absolute Gasteiger partial charge is 0.508 e. The maximum Gasteiger partial charge on any atom is 0.508 e. The van der Waals surface area contributed by atoms with Crippen LogP contribution in [0.4, 0.5) is 14.4 Å².